The van der Waals surface area contributed by atoms with Gasteiger partial charge in [0.15, 0.2) is 0 Å². The summed E-state index contributed by atoms with van der Waals surface area (Å²) in [5.41, 5.74) is 2.14. The SMILES string of the molecule is O=S(=O)(NC[C@H]1OCCc2ccccc21)c1ccc(S(=O)(=O)N2CCOCC2)cc1. The summed E-state index contributed by atoms with van der Waals surface area (Å²) in [7, 11) is -7.48. The van der Waals surface area contributed by atoms with Crippen LogP contribution in [0.1, 0.15) is 17.2 Å². The number of hydrogen-bond acceptors (Lipinski definition) is 6. The summed E-state index contributed by atoms with van der Waals surface area (Å²) in [4.78, 5) is 0.0698. The first-order valence-electron chi connectivity index (χ1n) is 9.75. The van der Waals surface area contributed by atoms with E-state index in [-0.39, 0.29) is 35.5 Å². The van der Waals surface area contributed by atoms with Gasteiger partial charge in [0.05, 0.1) is 35.7 Å². The molecule has 2 aromatic rings. The van der Waals surface area contributed by atoms with Gasteiger partial charge in [-0.3, -0.25) is 0 Å². The minimum atomic E-state index is -3.81. The van der Waals surface area contributed by atoms with Crippen molar-refractivity contribution in [1.82, 2.24) is 9.03 Å². The van der Waals surface area contributed by atoms with Gasteiger partial charge in [-0.15, -0.1) is 0 Å². The molecule has 4 rings (SSSR count). The Morgan fingerprint density at radius 1 is 0.900 bits per heavy atom. The van der Waals surface area contributed by atoms with E-state index in [0.29, 0.717) is 19.8 Å². The molecule has 2 aromatic carbocycles. The van der Waals surface area contributed by atoms with Crippen LogP contribution in [-0.2, 0) is 35.9 Å². The van der Waals surface area contributed by atoms with Crippen LogP contribution in [0, 0.1) is 0 Å². The van der Waals surface area contributed by atoms with Gasteiger partial charge in [-0.1, -0.05) is 24.3 Å². The van der Waals surface area contributed by atoms with E-state index >= 15 is 0 Å². The molecule has 2 aliphatic heterocycles. The van der Waals surface area contributed by atoms with Crippen molar-refractivity contribution in [1.29, 1.82) is 0 Å². The molecule has 0 amide bonds. The summed E-state index contributed by atoms with van der Waals surface area (Å²) < 4.78 is 65.6. The lowest BCUT2D eigenvalue weighted by Gasteiger charge is -2.26. The number of ether oxygens (including phenoxy) is 2. The fourth-order valence-corrected chi connectivity index (χ4v) is 6.08. The van der Waals surface area contributed by atoms with Crippen LogP contribution in [0.2, 0.25) is 0 Å². The first-order valence-corrected chi connectivity index (χ1v) is 12.7. The molecule has 1 N–H and O–H groups in total. The quantitative estimate of drug-likeness (QED) is 0.709. The smallest absolute Gasteiger partial charge is 0.243 e. The molecule has 0 aliphatic carbocycles. The van der Waals surface area contributed by atoms with Gasteiger partial charge in [-0.05, 0) is 41.8 Å². The monoisotopic (exact) mass is 452 g/mol. The van der Waals surface area contributed by atoms with Crippen LogP contribution in [0.3, 0.4) is 0 Å². The van der Waals surface area contributed by atoms with Gasteiger partial charge in [0.25, 0.3) is 0 Å². The lowest BCUT2D eigenvalue weighted by molar-refractivity contribution is 0.0460. The van der Waals surface area contributed by atoms with Crippen molar-refractivity contribution in [3.63, 3.8) is 0 Å². The van der Waals surface area contributed by atoms with Crippen LogP contribution >= 0.6 is 0 Å². The van der Waals surface area contributed by atoms with Gasteiger partial charge in [-0.2, -0.15) is 4.31 Å². The molecular weight excluding hydrogens is 428 g/mol. The maximum Gasteiger partial charge on any atom is 0.243 e. The van der Waals surface area contributed by atoms with E-state index in [1.54, 1.807) is 0 Å². The van der Waals surface area contributed by atoms with Gasteiger partial charge >= 0.3 is 0 Å². The predicted octanol–water partition coefficient (Wildman–Crippen LogP) is 1.30. The molecular formula is C20H24N2O6S2. The molecule has 30 heavy (non-hydrogen) atoms. The average molecular weight is 453 g/mol. The second-order valence-corrected chi connectivity index (χ2v) is 10.9. The Labute approximate surface area is 176 Å². The van der Waals surface area contributed by atoms with Crippen LogP contribution in [-0.4, -0.2) is 60.6 Å². The molecule has 0 unspecified atom stereocenters. The Morgan fingerprint density at radius 3 is 2.30 bits per heavy atom. The fraction of sp³-hybridized carbons (Fsp3) is 0.400. The molecule has 2 aliphatic rings. The van der Waals surface area contributed by atoms with Gasteiger partial charge in [0, 0.05) is 19.6 Å². The Hall–Kier alpha value is -1.82. The number of sulfonamides is 2. The molecule has 1 atom stereocenters. The van der Waals surface area contributed by atoms with Crippen molar-refractivity contribution in [2.45, 2.75) is 22.3 Å². The highest BCUT2D eigenvalue weighted by Gasteiger charge is 2.27. The summed E-state index contributed by atoms with van der Waals surface area (Å²) in [5, 5.41) is 0. The zero-order valence-corrected chi connectivity index (χ0v) is 18.0. The molecule has 162 valence electrons. The average Bonchev–Trinajstić information content (AvgIpc) is 2.78. The van der Waals surface area contributed by atoms with E-state index in [4.69, 9.17) is 9.47 Å². The summed E-state index contributed by atoms with van der Waals surface area (Å²) in [5.74, 6) is 0. The number of fused-ring (bicyclic) bond motifs is 1. The van der Waals surface area contributed by atoms with Crippen LogP contribution in [0.25, 0.3) is 0 Å². The van der Waals surface area contributed by atoms with Crippen molar-refractivity contribution in [3.8, 4) is 0 Å². The first-order chi connectivity index (χ1) is 14.4. The number of nitrogens with one attached hydrogen (secondary N) is 1. The number of nitrogens with zero attached hydrogens (tertiary/aromatic N) is 1. The predicted molar refractivity (Wildman–Crippen MR) is 110 cm³/mol. The number of hydrogen-bond donors (Lipinski definition) is 1. The fourth-order valence-electron chi connectivity index (χ4n) is 3.64. The summed E-state index contributed by atoms with van der Waals surface area (Å²) in [6.45, 7) is 1.91. The normalized spacial score (nSPS) is 20.6. The van der Waals surface area contributed by atoms with Crippen LogP contribution in [0.4, 0.5) is 0 Å². The highest BCUT2D eigenvalue weighted by molar-refractivity contribution is 7.89. The van der Waals surface area contributed by atoms with Crippen molar-refractivity contribution in [2.75, 3.05) is 39.5 Å². The molecule has 1 saturated heterocycles. The van der Waals surface area contributed by atoms with Crippen LogP contribution in [0.5, 0.6) is 0 Å². The Bertz CT molecular complexity index is 1090. The van der Waals surface area contributed by atoms with Crippen molar-refractivity contribution in [3.05, 3.63) is 59.7 Å². The lowest BCUT2D eigenvalue weighted by atomic mass is 9.98. The number of rotatable bonds is 6. The molecule has 0 bridgehead atoms. The topological polar surface area (TPSA) is 102 Å². The lowest BCUT2D eigenvalue weighted by Crippen LogP contribution is -2.40. The van der Waals surface area contributed by atoms with Gasteiger partial charge in [-0.25, -0.2) is 21.6 Å². The molecule has 2 heterocycles. The number of benzene rings is 2. The third-order valence-electron chi connectivity index (χ3n) is 5.29. The maximum atomic E-state index is 12.7. The molecule has 0 saturated carbocycles. The van der Waals surface area contributed by atoms with E-state index in [1.165, 1.54) is 28.6 Å². The van der Waals surface area contributed by atoms with Crippen molar-refractivity contribution in [2.24, 2.45) is 0 Å². The van der Waals surface area contributed by atoms with E-state index in [9.17, 15) is 16.8 Å². The molecule has 8 nitrogen and oxygen atoms in total. The van der Waals surface area contributed by atoms with Crippen LogP contribution in [0.15, 0.2) is 58.3 Å². The maximum absolute atomic E-state index is 12.7. The number of morpholine rings is 1. The molecule has 10 heteroatoms. The van der Waals surface area contributed by atoms with E-state index < -0.39 is 20.0 Å². The zero-order valence-electron chi connectivity index (χ0n) is 16.4. The largest absolute Gasteiger partial charge is 0.379 e. The minimum absolute atomic E-state index is 0.00696. The van der Waals surface area contributed by atoms with Gasteiger partial charge in [0.2, 0.25) is 20.0 Å². The molecule has 0 spiro atoms. The minimum Gasteiger partial charge on any atom is -0.379 e. The van der Waals surface area contributed by atoms with Crippen LogP contribution < -0.4 is 4.72 Å². The summed E-state index contributed by atoms with van der Waals surface area (Å²) in [6, 6.07) is 13.1. The van der Waals surface area contributed by atoms with E-state index in [0.717, 1.165) is 17.5 Å². The van der Waals surface area contributed by atoms with E-state index in [1.807, 2.05) is 24.3 Å². The molecule has 0 aromatic heterocycles. The standard InChI is InChI=1S/C20H24N2O6S2/c23-29(24,21-15-20-19-4-2-1-3-16(19)9-12-28-20)17-5-7-18(8-6-17)30(25,26)22-10-13-27-14-11-22/h1-8,20-21H,9-15H2/t20-/m1/s1. The van der Waals surface area contributed by atoms with Crippen molar-refractivity contribution >= 4 is 20.0 Å². The van der Waals surface area contributed by atoms with Gasteiger partial charge < -0.3 is 9.47 Å². The summed E-state index contributed by atoms with van der Waals surface area (Å²) in [6.07, 6.45) is 0.448. The second kappa shape index (κ2) is 8.74. The summed E-state index contributed by atoms with van der Waals surface area (Å²) >= 11 is 0. The third kappa shape index (κ3) is 4.43. The Morgan fingerprint density at radius 2 is 1.57 bits per heavy atom. The Balaban J connectivity index is 1.46. The van der Waals surface area contributed by atoms with Crippen molar-refractivity contribution < 1.29 is 26.3 Å². The third-order valence-corrected chi connectivity index (χ3v) is 8.65. The first kappa shape index (κ1) is 21.4. The van der Waals surface area contributed by atoms with Gasteiger partial charge in [0.1, 0.15) is 0 Å². The zero-order chi connectivity index (χ0) is 21.2. The highest BCUT2D eigenvalue weighted by atomic mass is 32.2. The highest BCUT2D eigenvalue weighted by Crippen LogP contribution is 2.27. The molecule has 1 fully saturated rings. The molecule has 0 radical (unpaired) electrons. The van der Waals surface area contributed by atoms with E-state index in [2.05, 4.69) is 4.72 Å². The Kier molecular flexibility index (Phi) is 6.24. The second-order valence-electron chi connectivity index (χ2n) is 7.15.